The molecule has 0 amide bonds. The van der Waals surface area contributed by atoms with Crippen LogP contribution in [0.2, 0.25) is 0 Å². The van der Waals surface area contributed by atoms with E-state index in [1.165, 1.54) is 0 Å². The Bertz CT molecular complexity index is 357. The number of pyridine rings is 1. The van der Waals surface area contributed by atoms with Crippen molar-refractivity contribution < 1.29 is 4.74 Å². The van der Waals surface area contributed by atoms with E-state index in [1.54, 1.807) is 0 Å². The van der Waals surface area contributed by atoms with Crippen molar-refractivity contribution in [3.63, 3.8) is 0 Å². The van der Waals surface area contributed by atoms with Crippen molar-refractivity contribution in [2.45, 2.75) is 45.6 Å². The molecular weight excluding hydrogens is 200 g/mol. The number of ether oxygens (including phenoxy) is 1. The molecule has 0 aliphatic carbocycles. The van der Waals surface area contributed by atoms with Crippen molar-refractivity contribution in [3.8, 4) is 11.9 Å². The molecule has 0 fully saturated rings. The second kappa shape index (κ2) is 6.84. The highest BCUT2D eigenvalue weighted by atomic mass is 16.5. The van der Waals surface area contributed by atoms with E-state index in [1.807, 2.05) is 25.1 Å². The van der Waals surface area contributed by atoms with Crippen molar-refractivity contribution in [1.82, 2.24) is 4.98 Å². The van der Waals surface area contributed by atoms with Gasteiger partial charge in [0.25, 0.3) is 0 Å². The third-order valence-corrected chi connectivity index (χ3v) is 2.34. The minimum Gasteiger partial charge on any atom is -0.474 e. The maximum atomic E-state index is 8.57. The Balaban J connectivity index is 2.57. The quantitative estimate of drug-likeness (QED) is 0.736. The van der Waals surface area contributed by atoms with Crippen molar-refractivity contribution in [2.24, 2.45) is 0 Å². The molecule has 1 heterocycles. The van der Waals surface area contributed by atoms with Gasteiger partial charge in [-0.15, -0.1) is 0 Å². The summed E-state index contributed by atoms with van der Waals surface area (Å²) < 4.78 is 5.78. The second-order valence-electron chi connectivity index (χ2n) is 3.84. The second-order valence-corrected chi connectivity index (χ2v) is 3.84. The number of hydrogen-bond acceptors (Lipinski definition) is 3. The molecule has 16 heavy (non-hydrogen) atoms. The Hall–Kier alpha value is -1.56. The number of aromatic nitrogens is 1. The Kier molecular flexibility index (Phi) is 5.35. The summed E-state index contributed by atoms with van der Waals surface area (Å²) in [5, 5.41) is 8.57. The van der Waals surface area contributed by atoms with E-state index in [9.17, 15) is 0 Å². The van der Waals surface area contributed by atoms with Gasteiger partial charge in [-0.1, -0.05) is 19.4 Å². The van der Waals surface area contributed by atoms with E-state index in [4.69, 9.17) is 10.00 Å². The maximum Gasteiger partial charge on any atom is 0.213 e. The van der Waals surface area contributed by atoms with Crippen LogP contribution < -0.4 is 4.74 Å². The molecule has 0 radical (unpaired) electrons. The largest absolute Gasteiger partial charge is 0.474 e. The Morgan fingerprint density at radius 2 is 2.25 bits per heavy atom. The van der Waals surface area contributed by atoms with Gasteiger partial charge < -0.3 is 4.74 Å². The molecule has 1 aromatic rings. The lowest BCUT2D eigenvalue weighted by Crippen LogP contribution is -2.16. The first kappa shape index (κ1) is 12.5. The van der Waals surface area contributed by atoms with E-state index >= 15 is 0 Å². The predicted octanol–water partition coefficient (Wildman–Crippen LogP) is 3.24. The summed E-state index contributed by atoms with van der Waals surface area (Å²) >= 11 is 0. The van der Waals surface area contributed by atoms with Crippen LogP contribution in [0.25, 0.3) is 0 Å². The van der Waals surface area contributed by atoms with Crippen molar-refractivity contribution in [2.75, 3.05) is 0 Å². The summed E-state index contributed by atoms with van der Waals surface area (Å²) in [6, 6.07) is 7.89. The highest BCUT2D eigenvalue weighted by Gasteiger charge is 2.09. The third kappa shape index (κ3) is 4.31. The highest BCUT2D eigenvalue weighted by molar-refractivity contribution is 5.14. The molecule has 0 aliphatic heterocycles. The minimum atomic E-state index is 0.110. The Labute approximate surface area is 97.1 Å². The molecule has 1 aromatic heterocycles. The zero-order chi connectivity index (χ0) is 11.8. The van der Waals surface area contributed by atoms with Gasteiger partial charge in [0.05, 0.1) is 6.07 Å². The smallest absolute Gasteiger partial charge is 0.213 e. The van der Waals surface area contributed by atoms with Gasteiger partial charge in [0.2, 0.25) is 5.88 Å². The number of hydrogen-bond donors (Lipinski definition) is 0. The van der Waals surface area contributed by atoms with Gasteiger partial charge in [0, 0.05) is 18.2 Å². The lowest BCUT2D eigenvalue weighted by molar-refractivity contribution is 0.174. The SMILES string of the molecule is CCCC(CCC#N)Oc1cccc(C)n1. The number of nitrogens with zero attached hydrogens (tertiary/aromatic N) is 2. The Morgan fingerprint density at radius 1 is 1.44 bits per heavy atom. The van der Waals surface area contributed by atoms with Crippen LogP contribution in [-0.4, -0.2) is 11.1 Å². The lowest BCUT2D eigenvalue weighted by Gasteiger charge is -2.16. The van der Waals surface area contributed by atoms with E-state index < -0.39 is 0 Å². The first-order valence-corrected chi connectivity index (χ1v) is 5.73. The molecule has 0 N–H and O–H groups in total. The van der Waals surface area contributed by atoms with Crippen molar-refractivity contribution in [1.29, 1.82) is 5.26 Å². The summed E-state index contributed by atoms with van der Waals surface area (Å²) in [5.74, 6) is 0.663. The standard InChI is InChI=1S/C13H18N2O/c1-3-6-12(8-5-10-14)16-13-9-4-7-11(2)15-13/h4,7,9,12H,3,5-6,8H2,1-2H3. The van der Waals surface area contributed by atoms with Gasteiger partial charge in [-0.05, 0) is 25.8 Å². The summed E-state index contributed by atoms with van der Waals surface area (Å²) in [5.41, 5.74) is 0.952. The molecule has 1 rings (SSSR count). The topological polar surface area (TPSA) is 45.9 Å². The van der Waals surface area contributed by atoms with Crippen LogP contribution in [-0.2, 0) is 0 Å². The van der Waals surface area contributed by atoms with Crippen LogP contribution in [0, 0.1) is 18.3 Å². The van der Waals surface area contributed by atoms with Crippen LogP contribution in [0.3, 0.4) is 0 Å². The molecule has 3 heteroatoms. The molecule has 0 bridgehead atoms. The number of rotatable bonds is 6. The van der Waals surface area contributed by atoms with Crippen LogP contribution in [0.1, 0.15) is 38.3 Å². The van der Waals surface area contributed by atoms with Crippen LogP contribution in [0.5, 0.6) is 5.88 Å². The highest BCUT2D eigenvalue weighted by Crippen LogP contribution is 2.15. The molecule has 1 atom stereocenters. The average Bonchev–Trinajstić information content (AvgIpc) is 2.26. The lowest BCUT2D eigenvalue weighted by atomic mass is 10.1. The normalized spacial score (nSPS) is 11.8. The molecule has 0 spiro atoms. The molecule has 0 saturated heterocycles. The fourth-order valence-corrected chi connectivity index (χ4v) is 1.56. The predicted molar refractivity (Wildman–Crippen MR) is 63.1 cm³/mol. The summed E-state index contributed by atoms with van der Waals surface area (Å²) in [7, 11) is 0. The summed E-state index contributed by atoms with van der Waals surface area (Å²) in [4.78, 5) is 4.30. The number of nitriles is 1. The molecule has 0 aliphatic rings. The van der Waals surface area contributed by atoms with Gasteiger partial charge in [-0.2, -0.15) is 5.26 Å². The van der Waals surface area contributed by atoms with Crippen molar-refractivity contribution in [3.05, 3.63) is 23.9 Å². The zero-order valence-corrected chi connectivity index (χ0v) is 9.94. The molecule has 0 aromatic carbocycles. The van der Waals surface area contributed by atoms with Crippen LogP contribution >= 0.6 is 0 Å². The minimum absolute atomic E-state index is 0.110. The monoisotopic (exact) mass is 218 g/mol. The van der Waals surface area contributed by atoms with E-state index in [-0.39, 0.29) is 6.10 Å². The summed E-state index contributed by atoms with van der Waals surface area (Å²) in [6.45, 7) is 4.06. The molecule has 3 nitrogen and oxygen atoms in total. The van der Waals surface area contributed by atoms with Gasteiger partial charge in [0.15, 0.2) is 0 Å². The fraction of sp³-hybridized carbons (Fsp3) is 0.538. The van der Waals surface area contributed by atoms with E-state index in [2.05, 4.69) is 18.0 Å². The fourth-order valence-electron chi connectivity index (χ4n) is 1.56. The molecular formula is C13H18N2O. The molecule has 1 unspecified atom stereocenters. The third-order valence-electron chi connectivity index (χ3n) is 2.34. The van der Waals surface area contributed by atoms with Crippen LogP contribution in [0.15, 0.2) is 18.2 Å². The van der Waals surface area contributed by atoms with Gasteiger partial charge >= 0.3 is 0 Å². The van der Waals surface area contributed by atoms with Crippen LogP contribution in [0.4, 0.5) is 0 Å². The van der Waals surface area contributed by atoms with Gasteiger partial charge in [-0.25, -0.2) is 4.98 Å². The maximum absolute atomic E-state index is 8.57. The first-order valence-electron chi connectivity index (χ1n) is 5.73. The van der Waals surface area contributed by atoms with Gasteiger partial charge in [-0.3, -0.25) is 0 Å². The number of aryl methyl sites for hydroxylation is 1. The first-order chi connectivity index (χ1) is 7.76. The molecule has 0 saturated carbocycles. The van der Waals surface area contributed by atoms with E-state index in [0.29, 0.717) is 12.3 Å². The van der Waals surface area contributed by atoms with E-state index in [0.717, 1.165) is 25.0 Å². The summed E-state index contributed by atoms with van der Waals surface area (Å²) in [6.07, 6.45) is 3.45. The Morgan fingerprint density at radius 3 is 2.88 bits per heavy atom. The molecule has 86 valence electrons. The zero-order valence-electron chi connectivity index (χ0n) is 9.94. The van der Waals surface area contributed by atoms with Gasteiger partial charge in [0.1, 0.15) is 6.10 Å². The average molecular weight is 218 g/mol. The van der Waals surface area contributed by atoms with Crippen molar-refractivity contribution >= 4 is 0 Å².